The largest absolute Gasteiger partial charge is 0.416 e. The van der Waals surface area contributed by atoms with Crippen LogP contribution in [0.15, 0.2) is 18.2 Å². The van der Waals surface area contributed by atoms with E-state index in [-0.39, 0.29) is 11.6 Å². The standard InChI is InChI=1S/C11H15B2F4N/c1-6(2)18-10(12,13)8-5-7(11(15,16)17)3-4-9(8)14/h3-6,18H,12-13H2,1-2H3. The molecule has 1 rings (SSSR count). The van der Waals surface area contributed by atoms with Crippen LogP contribution in [-0.4, -0.2) is 21.7 Å². The molecule has 1 N–H and O–H groups in total. The molecule has 0 spiro atoms. The topological polar surface area (TPSA) is 12.0 Å². The second kappa shape index (κ2) is 4.96. The highest BCUT2D eigenvalue weighted by Crippen LogP contribution is 2.32. The molecule has 7 heteroatoms. The van der Waals surface area contributed by atoms with Crippen LogP contribution in [0.4, 0.5) is 17.6 Å². The molecular formula is C11H15B2F4N. The van der Waals surface area contributed by atoms with Crippen LogP contribution < -0.4 is 5.32 Å². The number of hydrogen-bond donors (Lipinski definition) is 1. The Kier molecular flexibility index (Phi) is 4.15. The lowest BCUT2D eigenvalue weighted by molar-refractivity contribution is -0.137. The first kappa shape index (κ1) is 15.1. The van der Waals surface area contributed by atoms with Gasteiger partial charge >= 0.3 is 6.18 Å². The van der Waals surface area contributed by atoms with Gasteiger partial charge in [-0.3, -0.25) is 0 Å². The lowest BCUT2D eigenvalue weighted by Crippen LogP contribution is -2.47. The Balaban J connectivity index is 3.23. The summed E-state index contributed by atoms with van der Waals surface area (Å²) in [6.07, 6.45) is -4.46. The van der Waals surface area contributed by atoms with Crippen LogP contribution in [0.25, 0.3) is 0 Å². The highest BCUT2D eigenvalue weighted by atomic mass is 19.4. The van der Waals surface area contributed by atoms with Crippen LogP contribution in [-0.2, 0) is 11.5 Å². The predicted molar refractivity (Wildman–Crippen MR) is 68.4 cm³/mol. The third kappa shape index (κ3) is 3.51. The zero-order valence-electron chi connectivity index (χ0n) is 10.8. The predicted octanol–water partition coefficient (Wildman–Crippen LogP) is 1.22. The van der Waals surface area contributed by atoms with Crippen LogP contribution in [0.3, 0.4) is 0 Å². The van der Waals surface area contributed by atoms with Gasteiger partial charge in [-0.1, -0.05) is 13.8 Å². The van der Waals surface area contributed by atoms with E-state index in [1.165, 1.54) is 0 Å². The van der Waals surface area contributed by atoms with Crippen LogP contribution in [0, 0.1) is 5.82 Å². The van der Waals surface area contributed by atoms with Gasteiger partial charge in [-0.15, -0.1) is 0 Å². The van der Waals surface area contributed by atoms with E-state index in [0.29, 0.717) is 0 Å². The molecule has 1 nitrogen and oxygen atoms in total. The summed E-state index contributed by atoms with van der Waals surface area (Å²) < 4.78 is 51.5. The van der Waals surface area contributed by atoms with Crippen molar-refractivity contribution in [1.29, 1.82) is 0 Å². The highest BCUT2D eigenvalue weighted by Gasteiger charge is 2.33. The van der Waals surface area contributed by atoms with Gasteiger partial charge in [-0.25, -0.2) is 4.39 Å². The number of nitrogens with one attached hydrogen (secondary N) is 1. The quantitative estimate of drug-likeness (QED) is 0.635. The van der Waals surface area contributed by atoms with Crippen LogP contribution >= 0.6 is 0 Å². The first-order valence-corrected chi connectivity index (χ1v) is 5.69. The third-order valence-corrected chi connectivity index (χ3v) is 2.62. The Morgan fingerprint density at radius 2 is 1.72 bits per heavy atom. The molecule has 98 valence electrons. The Morgan fingerprint density at radius 1 is 1.17 bits per heavy atom. The molecule has 0 aliphatic carbocycles. The van der Waals surface area contributed by atoms with Crippen molar-refractivity contribution in [3.8, 4) is 0 Å². The van der Waals surface area contributed by atoms with Crippen molar-refractivity contribution < 1.29 is 17.6 Å². The Morgan fingerprint density at radius 3 is 2.17 bits per heavy atom. The summed E-state index contributed by atoms with van der Waals surface area (Å²) in [6.45, 7) is 3.71. The first-order valence-electron chi connectivity index (χ1n) is 5.69. The van der Waals surface area contributed by atoms with Crippen molar-refractivity contribution in [3.05, 3.63) is 35.1 Å². The monoisotopic (exact) mass is 259 g/mol. The Labute approximate surface area is 106 Å². The van der Waals surface area contributed by atoms with E-state index >= 15 is 0 Å². The zero-order chi connectivity index (χ0) is 14.1. The van der Waals surface area contributed by atoms with Gasteiger partial charge in [0.05, 0.1) is 5.56 Å². The van der Waals surface area contributed by atoms with Crippen molar-refractivity contribution in [2.45, 2.75) is 31.4 Å². The van der Waals surface area contributed by atoms with E-state index < -0.39 is 22.9 Å². The third-order valence-electron chi connectivity index (χ3n) is 2.62. The summed E-state index contributed by atoms with van der Waals surface area (Å²) in [4.78, 5) is 0. The number of rotatable bonds is 3. The maximum Gasteiger partial charge on any atom is 0.416 e. The van der Waals surface area contributed by atoms with Gasteiger partial charge in [0.25, 0.3) is 0 Å². The number of alkyl halides is 3. The van der Waals surface area contributed by atoms with Crippen molar-refractivity contribution in [2.24, 2.45) is 0 Å². The molecule has 18 heavy (non-hydrogen) atoms. The molecule has 0 saturated carbocycles. The fraction of sp³-hybridized carbons (Fsp3) is 0.455. The van der Waals surface area contributed by atoms with Crippen molar-refractivity contribution in [1.82, 2.24) is 5.32 Å². The van der Waals surface area contributed by atoms with Gasteiger partial charge in [0.2, 0.25) is 0 Å². The lowest BCUT2D eigenvalue weighted by Gasteiger charge is -2.30. The Hall–Kier alpha value is -0.970. The van der Waals surface area contributed by atoms with E-state index in [2.05, 4.69) is 5.32 Å². The molecule has 0 amide bonds. The van der Waals surface area contributed by atoms with E-state index in [4.69, 9.17) is 0 Å². The smallest absolute Gasteiger partial charge is 0.320 e. The van der Waals surface area contributed by atoms with Crippen molar-refractivity contribution in [3.63, 3.8) is 0 Å². The van der Waals surface area contributed by atoms with Crippen LogP contribution in [0.1, 0.15) is 25.0 Å². The molecule has 0 fully saturated rings. The molecule has 0 aliphatic rings. The molecule has 1 aromatic carbocycles. The van der Waals surface area contributed by atoms with E-state index in [1.807, 2.05) is 13.8 Å². The summed E-state index contributed by atoms with van der Waals surface area (Å²) in [5.41, 5.74) is -0.816. The SMILES string of the molecule is BC(B)(NC(C)C)c1cc(C(F)(F)F)ccc1F. The number of hydrogen-bond acceptors (Lipinski definition) is 1. The van der Waals surface area contributed by atoms with Gasteiger partial charge < -0.3 is 5.32 Å². The van der Waals surface area contributed by atoms with Crippen LogP contribution in [0.5, 0.6) is 0 Å². The molecule has 0 atom stereocenters. The van der Waals surface area contributed by atoms with Gasteiger partial charge in [0.1, 0.15) is 21.5 Å². The van der Waals surface area contributed by atoms with Gasteiger partial charge in [0.15, 0.2) is 0 Å². The summed E-state index contributed by atoms with van der Waals surface area (Å²) in [6, 6.07) is 2.52. The Bertz CT molecular complexity index is 430. The minimum atomic E-state index is -4.46. The first-order chi connectivity index (χ1) is 8.04. The van der Waals surface area contributed by atoms with Crippen LogP contribution in [0.2, 0.25) is 0 Å². The summed E-state index contributed by atoms with van der Waals surface area (Å²) in [5.74, 6) is -0.638. The molecule has 0 saturated heterocycles. The molecule has 0 aromatic heterocycles. The lowest BCUT2D eigenvalue weighted by atomic mass is 9.57. The highest BCUT2D eigenvalue weighted by molar-refractivity contribution is 6.39. The summed E-state index contributed by atoms with van der Waals surface area (Å²) in [7, 11) is 3.32. The number of benzene rings is 1. The average molecular weight is 259 g/mol. The van der Waals surface area contributed by atoms with E-state index in [9.17, 15) is 17.6 Å². The van der Waals surface area contributed by atoms with Crippen molar-refractivity contribution >= 4 is 15.7 Å². The summed E-state index contributed by atoms with van der Waals surface area (Å²) in [5, 5.41) is 2.19. The minimum Gasteiger partial charge on any atom is -0.320 e. The van der Waals surface area contributed by atoms with E-state index in [1.54, 1.807) is 15.7 Å². The number of halogens is 4. The summed E-state index contributed by atoms with van der Waals surface area (Å²) >= 11 is 0. The maximum absolute atomic E-state index is 13.7. The fourth-order valence-corrected chi connectivity index (χ4v) is 1.98. The normalized spacial score (nSPS) is 13.1. The fourth-order valence-electron chi connectivity index (χ4n) is 1.98. The van der Waals surface area contributed by atoms with Gasteiger partial charge in [-0.05, 0) is 29.1 Å². The van der Waals surface area contributed by atoms with Gasteiger partial charge in [0, 0.05) is 6.04 Å². The zero-order valence-corrected chi connectivity index (χ0v) is 10.8. The second-order valence-electron chi connectivity index (χ2n) is 5.12. The molecule has 0 unspecified atom stereocenters. The van der Waals surface area contributed by atoms with Gasteiger partial charge in [-0.2, -0.15) is 13.2 Å². The molecular weight excluding hydrogens is 244 g/mol. The van der Waals surface area contributed by atoms with E-state index in [0.717, 1.165) is 18.2 Å². The van der Waals surface area contributed by atoms with Crippen molar-refractivity contribution in [2.75, 3.05) is 0 Å². The molecule has 1 aromatic rings. The second-order valence-corrected chi connectivity index (χ2v) is 5.12. The molecule has 0 bridgehead atoms. The molecule has 0 radical (unpaired) electrons. The minimum absolute atomic E-state index is 0.0195. The average Bonchev–Trinajstić information content (AvgIpc) is 2.13. The molecule has 0 aliphatic heterocycles. The molecule has 0 heterocycles. The maximum atomic E-state index is 13.7.